The number of hydrogen-bond acceptors (Lipinski definition) is 6. The third kappa shape index (κ3) is 3.00. The van der Waals surface area contributed by atoms with E-state index in [1.165, 1.54) is 25.3 Å². The van der Waals surface area contributed by atoms with Gasteiger partial charge in [-0.3, -0.25) is 9.10 Å². The molecule has 2 aromatic rings. The van der Waals surface area contributed by atoms with Crippen LogP contribution in [-0.2, 0) is 19.6 Å². The fourth-order valence-corrected chi connectivity index (χ4v) is 3.68. The van der Waals surface area contributed by atoms with Crippen molar-refractivity contribution in [3.8, 4) is 11.5 Å². The van der Waals surface area contributed by atoms with E-state index >= 15 is 0 Å². The molecule has 126 valence electrons. The Labute approximate surface area is 139 Å². The van der Waals surface area contributed by atoms with Crippen molar-refractivity contribution in [1.82, 2.24) is 0 Å². The first-order valence-electron chi connectivity index (χ1n) is 7.06. The summed E-state index contributed by atoms with van der Waals surface area (Å²) in [6.07, 6.45) is 0. The molecule has 0 saturated heterocycles. The molecule has 1 aliphatic rings. The molecule has 0 amide bonds. The summed E-state index contributed by atoms with van der Waals surface area (Å²) in [5, 5.41) is 0. The lowest BCUT2D eigenvalue weighted by Crippen LogP contribution is -2.36. The Balaban J connectivity index is 2.05. The largest absolute Gasteiger partial charge is 0.468 e. The highest BCUT2D eigenvalue weighted by molar-refractivity contribution is 7.92. The number of esters is 1. The Morgan fingerprint density at radius 2 is 1.83 bits per heavy atom. The van der Waals surface area contributed by atoms with Crippen molar-refractivity contribution < 1.29 is 27.4 Å². The molecular formula is C16H15NO6S. The second-order valence-corrected chi connectivity index (χ2v) is 6.80. The van der Waals surface area contributed by atoms with Gasteiger partial charge in [-0.1, -0.05) is 18.2 Å². The van der Waals surface area contributed by atoms with E-state index in [-0.39, 0.29) is 17.4 Å². The SMILES string of the molecule is COC(=O)CN(c1ccc2c(c1)OCO2)S(=O)(=O)c1ccccc1. The number of anilines is 1. The molecule has 0 aliphatic carbocycles. The smallest absolute Gasteiger partial charge is 0.326 e. The number of sulfonamides is 1. The number of nitrogens with zero attached hydrogens (tertiary/aromatic N) is 1. The number of fused-ring (bicyclic) bond motifs is 1. The number of carbonyl (C=O) groups excluding carboxylic acids is 1. The first-order valence-corrected chi connectivity index (χ1v) is 8.50. The minimum Gasteiger partial charge on any atom is -0.468 e. The zero-order valence-electron chi connectivity index (χ0n) is 12.8. The van der Waals surface area contributed by atoms with Crippen LogP contribution in [-0.4, -0.2) is 34.8 Å². The lowest BCUT2D eigenvalue weighted by molar-refractivity contribution is -0.138. The minimum absolute atomic E-state index is 0.0707. The van der Waals surface area contributed by atoms with E-state index in [0.717, 1.165) is 4.31 Å². The third-order valence-corrected chi connectivity index (χ3v) is 5.26. The van der Waals surface area contributed by atoms with Gasteiger partial charge < -0.3 is 14.2 Å². The van der Waals surface area contributed by atoms with Crippen molar-refractivity contribution in [2.45, 2.75) is 4.90 Å². The average Bonchev–Trinajstić information content (AvgIpc) is 3.07. The molecule has 0 saturated carbocycles. The summed E-state index contributed by atoms with van der Waals surface area (Å²) in [6, 6.07) is 12.5. The van der Waals surface area contributed by atoms with Crippen LogP contribution in [0, 0.1) is 0 Å². The molecule has 8 heteroatoms. The molecular weight excluding hydrogens is 334 g/mol. The monoisotopic (exact) mass is 349 g/mol. The highest BCUT2D eigenvalue weighted by Crippen LogP contribution is 2.36. The summed E-state index contributed by atoms with van der Waals surface area (Å²) in [5.41, 5.74) is 0.286. The van der Waals surface area contributed by atoms with Gasteiger partial charge >= 0.3 is 5.97 Å². The molecule has 0 N–H and O–H groups in total. The quantitative estimate of drug-likeness (QED) is 0.766. The Bertz CT molecular complexity index is 850. The van der Waals surface area contributed by atoms with Crippen LogP contribution in [0.15, 0.2) is 53.4 Å². The van der Waals surface area contributed by atoms with E-state index in [1.807, 2.05) is 0 Å². The zero-order valence-corrected chi connectivity index (χ0v) is 13.7. The molecule has 0 unspecified atom stereocenters. The van der Waals surface area contributed by atoms with Crippen LogP contribution in [0.4, 0.5) is 5.69 Å². The molecule has 7 nitrogen and oxygen atoms in total. The Morgan fingerprint density at radius 1 is 1.12 bits per heavy atom. The maximum absolute atomic E-state index is 12.9. The summed E-state index contributed by atoms with van der Waals surface area (Å²) in [7, 11) is -2.74. The van der Waals surface area contributed by atoms with Crippen LogP contribution in [0.3, 0.4) is 0 Å². The topological polar surface area (TPSA) is 82.1 Å². The van der Waals surface area contributed by atoms with Crippen LogP contribution < -0.4 is 13.8 Å². The maximum Gasteiger partial charge on any atom is 0.326 e. The second kappa shape index (κ2) is 6.40. The lowest BCUT2D eigenvalue weighted by atomic mass is 10.3. The molecule has 0 bridgehead atoms. The molecule has 0 spiro atoms. The predicted octanol–water partition coefficient (Wildman–Crippen LogP) is 1.78. The van der Waals surface area contributed by atoms with Crippen LogP contribution in [0.2, 0.25) is 0 Å². The summed E-state index contributed by atoms with van der Waals surface area (Å²) in [4.78, 5) is 11.8. The molecule has 0 fully saturated rings. The van der Waals surface area contributed by atoms with Crippen LogP contribution in [0.1, 0.15) is 0 Å². The van der Waals surface area contributed by atoms with E-state index in [0.29, 0.717) is 11.5 Å². The average molecular weight is 349 g/mol. The highest BCUT2D eigenvalue weighted by atomic mass is 32.2. The second-order valence-electron chi connectivity index (χ2n) is 4.94. The fourth-order valence-electron chi connectivity index (χ4n) is 2.26. The molecule has 3 rings (SSSR count). The number of methoxy groups -OCH3 is 1. The van der Waals surface area contributed by atoms with E-state index in [1.54, 1.807) is 30.3 Å². The maximum atomic E-state index is 12.9. The molecule has 1 aliphatic heterocycles. The Hall–Kier alpha value is -2.74. The van der Waals surface area contributed by atoms with Gasteiger partial charge in [-0.25, -0.2) is 8.42 Å². The molecule has 0 aromatic heterocycles. The van der Waals surface area contributed by atoms with Crippen molar-refractivity contribution in [2.24, 2.45) is 0 Å². The molecule has 1 heterocycles. The number of carbonyl (C=O) groups is 1. The van der Waals surface area contributed by atoms with Gasteiger partial charge in [-0.2, -0.15) is 0 Å². The van der Waals surface area contributed by atoms with Crippen molar-refractivity contribution in [3.05, 3.63) is 48.5 Å². The first kappa shape index (κ1) is 16.1. The normalized spacial score (nSPS) is 12.7. The lowest BCUT2D eigenvalue weighted by Gasteiger charge is -2.23. The third-order valence-electron chi connectivity index (χ3n) is 3.48. The summed E-state index contributed by atoms with van der Waals surface area (Å²) >= 11 is 0. The van der Waals surface area contributed by atoms with E-state index in [4.69, 9.17) is 9.47 Å². The summed E-state index contributed by atoms with van der Waals surface area (Å²) < 4.78 is 42.0. The van der Waals surface area contributed by atoms with Gasteiger partial charge in [0.25, 0.3) is 10.0 Å². The minimum atomic E-state index is -3.94. The van der Waals surface area contributed by atoms with Gasteiger partial charge in [-0.05, 0) is 24.3 Å². The summed E-state index contributed by atoms with van der Waals surface area (Å²) in [6.45, 7) is -0.380. The van der Waals surface area contributed by atoms with Gasteiger partial charge in [0.2, 0.25) is 6.79 Å². The highest BCUT2D eigenvalue weighted by Gasteiger charge is 2.28. The molecule has 24 heavy (non-hydrogen) atoms. The van der Waals surface area contributed by atoms with Crippen LogP contribution in [0.5, 0.6) is 11.5 Å². The Kier molecular flexibility index (Phi) is 4.30. The van der Waals surface area contributed by atoms with Gasteiger partial charge in [0.05, 0.1) is 17.7 Å². The summed E-state index contributed by atoms with van der Waals surface area (Å²) in [5.74, 6) is 0.270. The molecule has 2 aromatic carbocycles. The van der Waals surface area contributed by atoms with E-state index in [9.17, 15) is 13.2 Å². The number of hydrogen-bond donors (Lipinski definition) is 0. The molecule has 0 radical (unpaired) electrons. The molecule has 0 atom stereocenters. The van der Waals surface area contributed by atoms with Crippen molar-refractivity contribution in [3.63, 3.8) is 0 Å². The number of benzene rings is 2. The van der Waals surface area contributed by atoms with Gasteiger partial charge in [-0.15, -0.1) is 0 Å². The van der Waals surface area contributed by atoms with E-state index < -0.39 is 22.5 Å². The number of rotatable bonds is 5. The predicted molar refractivity (Wildman–Crippen MR) is 85.6 cm³/mol. The van der Waals surface area contributed by atoms with Gasteiger partial charge in [0.1, 0.15) is 6.54 Å². The Morgan fingerprint density at radius 3 is 2.54 bits per heavy atom. The first-order chi connectivity index (χ1) is 11.5. The standard InChI is InChI=1S/C16H15NO6S/c1-21-16(18)10-17(24(19,20)13-5-3-2-4-6-13)12-7-8-14-15(9-12)23-11-22-14/h2-9H,10-11H2,1H3. The number of ether oxygens (including phenoxy) is 3. The van der Waals surface area contributed by atoms with Crippen molar-refractivity contribution >= 4 is 21.7 Å². The van der Waals surface area contributed by atoms with Gasteiger partial charge in [0, 0.05) is 6.07 Å². The zero-order chi connectivity index (χ0) is 17.2. The van der Waals surface area contributed by atoms with Crippen LogP contribution >= 0.6 is 0 Å². The van der Waals surface area contributed by atoms with Crippen LogP contribution in [0.25, 0.3) is 0 Å². The van der Waals surface area contributed by atoms with E-state index in [2.05, 4.69) is 4.74 Å². The van der Waals surface area contributed by atoms with Crippen molar-refractivity contribution in [2.75, 3.05) is 24.8 Å². The fraction of sp³-hybridized carbons (Fsp3) is 0.188. The van der Waals surface area contributed by atoms with Crippen molar-refractivity contribution in [1.29, 1.82) is 0 Å². The van der Waals surface area contributed by atoms with Gasteiger partial charge in [0.15, 0.2) is 11.5 Å².